The van der Waals surface area contributed by atoms with Crippen LogP contribution in [-0.4, -0.2) is 196 Å². The first-order chi connectivity index (χ1) is 53.3. The van der Waals surface area contributed by atoms with E-state index in [-0.39, 0.29) is 71.5 Å². The number of aromatic nitrogens is 7. The number of aliphatic hydroxyl groups is 2. The van der Waals surface area contributed by atoms with E-state index < -0.39 is 126 Å². The number of likely N-dealkylation sites (N-methyl/N-ethyl adjacent to an activating group) is 1. The van der Waals surface area contributed by atoms with Crippen LogP contribution in [0, 0.1) is 11.8 Å². The van der Waals surface area contributed by atoms with Gasteiger partial charge >= 0.3 is 37.4 Å². The second-order valence-electron chi connectivity index (χ2n) is 26.5. The molecule has 0 aliphatic carbocycles. The number of nitrogen functional groups attached to an aromatic ring is 1. The predicted molar refractivity (Wildman–Crippen MR) is 405 cm³/mol. The number of amides is 3. The molecule has 2 fully saturated rings. The van der Waals surface area contributed by atoms with E-state index in [1.807, 2.05) is 62.4 Å². The lowest BCUT2D eigenvalue weighted by Gasteiger charge is -2.25. The highest BCUT2D eigenvalue weighted by atomic mass is 33.1. The van der Waals surface area contributed by atoms with E-state index in [4.69, 9.17) is 29.7 Å². The minimum absolute atomic E-state index is 0.0198. The third-order valence-electron chi connectivity index (χ3n) is 18.1. The number of phosphoric acid groups is 4. The second kappa shape index (κ2) is 37.6. The molecule has 0 saturated carbocycles. The Balaban J connectivity index is 0.758. The zero-order valence-corrected chi connectivity index (χ0v) is 67.5. The zero-order valence-electron chi connectivity index (χ0n) is 60.6. The number of hydrogen-bond acceptors (Lipinski definition) is 31. The van der Waals surface area contributed by atoms with Crippen molar-refractivity contribution < 1.29 is 136 Å². The van der Waals surface area contributed by atoms with Crippen molar-refractivity contribution in [2.24, 2.45) is 0 Å². The number of anilines is 3. The maximum Gasteiger partial charge on any atom is 0.490 e. The minimum Gasteiger partial charge on any atom is -0.691 e. The third-order valence-corrected chi connectivity index (χ3v) is 26.3. The Hall–Kier alpha value is -6.93. The van der Waals surface area contributed by atoms with Crippen LogP contribution in [0.3, 0.4) is 0 Å². The lowest BCUT2D eigenvalue weighted by Crippen LogP contribution is -2.48. The summed E-state index contributed by atoms with van der Waals surface area (Å²) in [6.07, 6.45) is 8.50. The third kappa shape index (κ3) is 22.8. The average molecular weight is 1730 g/mol. The molecule has 8 heterocycles. The molecule has 113 heavy (non-hydrogen) atoms. The Morgan fingerprint density at radius 2 is 1.53 bits per heavy atom. The summed E-state index contributed by atoms with van der Waals surface area (Å²) >= 11 is 0.820. The van der Waals surface area contributed by atoms with Crippen molar-refractivity contribution in [2.45, 2.75) is 143 Å². The molecule has 14 N–H and O–H groups in total. The van der Waals surface area contributed by atoms with Gasteiger partial charge in [-0.15, -0.1) is 0 Å². The maximum atomic E-state index is 14.1. The van der Waals surface area contributed by atoms with Gasteiger partial charge in [-0.3, -0.25) is 38.1 Å². The van der Waals surface area contributed by atoms with E-state index in [2.05, 4.69) is 110 Å². The Morgan fingerprint density at radius 3 is 2.23 bits per heavy atom. The van der Waals surface area contributed by atoms with E-state index in [0.717, 1.165) is 46.7 Å². The number of hydrogen-bond donors (Lipinski definition) is 13. The van der Waals surface area contributed by atoms with Crippen molar-refractivity contribution >= 4 is 144 Å². The molecule has 4 aromatic heterocycles. The summed E-state index contributed by atoms with van der Waals surface area (Å²) in [4.78, 5) is 120. The van der Waals surface area contributed by atoms with E-state index in [0.29, 0.717) is 65.9 Å². The van der Waals surface area contributed by atoms with Crippen LogP contribution in [0.5, 0.6) is 0 Å². The first-order valence-electron chi connectivity index (χ1n) is 34.3. The van der Waals surface area contributed by atoms with Crippen LogP contribution in [0.15, 0.2) is 107 Å². The number of fused-ring (bicyclic) bond motifs is 4. The van der Waals surface area contributed by atoms with Gasteiger partial charge in [0, 0.05) is 89.3 Å². The van der Waals surface area contributed by atoms with Crippen LogP contribution >= 0.6 is 64.9 Å². The Labute approximate surface area is 657 Å². The largest absolute Gasteiger partial charge is 0.691 e. The van der Waals surface area contributed by atoms with Crippen molar-refractivity contribution in [1.82, 2.24) is 44.7 Å². The van der Waals surface area contributed by atoms with Gasteiger partial charge in [0.1, 0.15) is 61.4 Å². The number of allylic oxidation sites excluding steroid dienone is 6. The lowest BCUT2D eigenvalue weighted by molar-refractivity contribution is -0.777. The van der Waals surface area contributed by atoms with Crippen LogP contribution in [-0.2, 0) is 90.0 Å². The molecular formula is C64H81N13O28P4S4. The molecule has 6 aromatic rings. The van der Waals surface area contributed by atoms with Crippen molar-refractivity contribution in [3.8, 4) is 11.8 Å². The lowest BCUT2D eigenvalue weighted by atomic mass is 9.81. The summed E-state index contributed by atoms with van der Waals surface area (Å²) in [5.41, 5.74) is 11.2. The average Bonchev–Trinajstić information content (AvgIpc) is 1.60. The molecular weight excluding hydrogens is 1650 g/mol. The topological polar surface area (TPSA) is 584 Å². The molecule has 41 nitrogen and oxygen atoms in total. The zero-order chi connectivity index (χ0) is 82.0. The van der Waals surface area contributed by atoms with Crippen LogP contribution in [0.1, 0.15) is 109 Å². The number of benzene rings is 2. The molecule has 49 heteroatoms. The van der Waals surface area contributed by atoms with E-state index in [1.165, 1.54) is 55.5 Å². The predicted octanol–water partition coefficient (Wildman–Crippen LogP) is 5.80. The highest BCUT2D eigenvalue weighted by Crippen LogP contribution is 2.66. The highest BCUT2D eigenvalue weighted by Gasteiger charge is 2.47. The van der Waals surface area contributed by atoms with Crippen molar-refractivity contribution in [1.29, 1.82) is 0 Å². The number of ether oxygens (including phenoxy) is 3. The Kier molecular flexibility index (Phi) is 29.4. The van der Waals surface area contributed by atoms with Gasteiger partial charge < -0.3 is 84.9 Å². The number of aliphatic hydroxyl groups excluding tert-OH is 2. The number of carbonyl (C=O) groups excluding carboxylic acids is 3. The molecule has 2 saturated heterocycles. The van der Waals surface area contributed by atoms with Gasteiger partial charge in [-0.2, -0.15) is 25.9 Å². The smallest absolute Gasteiger partial charge is 0.490 e. The second-order valence-corrected chi connectivity index (χ2v) is 37.0. The summed E-state index contributed by atoms with van der Waals surface area (Å²) in [6, 6.07) is 9.16. The van der Waals surface area contributed by atoms with Crippen molar-refractivity contribution in [2.75, 3.05) is 66.9 Å². The fraction of sp³-hybridized carbons (Fsp3) is 0.453. The molecule has 10 rings (SSSR count). The SMILES string of the molecule is CCN1/C(=C/C=C/C=C/C2=[N+](CCCCCC(=O)NC(CSSCCCOC(=O)Nc3ncnc4c3ncn4[C@H]3C[C@@H](O)[C@@H](COP(=O)(O)OP(=O)(O)OP(=O)(O)O)O3)C(=O)NCC#Cc3cn([C@H]4C[C@@H](O)[C@@H](COP(=O)(O)O)O4)c4ncnc(N)c34)c3ccc(S(=O)(=O)O)cc3C2(C)C)C(C)(C)c2cc(SOO[O-])ccc21. The van der Waals surface area contributed by atoms with E-state index >= 15 is 0 Å². The minimum atomic E-state index is -5.81. The van der Waals surface area contributed by atoms with Gasteiger partial charge in [0.2, 0.25) is 17.5 Å². The fourth-order valence-corrected chi connectivity index (χ4v) is 19.5. The summed E-state index contributed by atoms with van der Waals surface area (Å²) in [6.45, 7) is 9.44. The molecule has 0 bridgehead atoms. The van der Waals surface area contributed by atoms with Crippen LogP contribution in [0.25, 0.3) is 22.2 Å². The molecule has 4 aliphatic rings. The maximum absolute atomic E-state index is 14.1. The van der Waals surface area contributed by atoms with Gasteiger partial charge in [-0.05, 0) is 82.0 Å². The monoisotopic (exact) mass is 1730 g/mol. The fourth-order valence-electron chi connectivity index (χ4n) is 13.0. The summed E-state index contributed by atoms with van der Waals surface area (Å²) in [5, 5.41) is 43.9. The number of phosphoric ester groups is 2. The van der Waals surface area contributed by atoms with Gasteiger partial charge in [-0.1, -0.05) is 65.5 Å². The molecule has 3 amide bonds. The number of unbranched alkanes of at least 4 members (excludes halogenated alkanes) is 2. The van der Waals surface area contributed by atoms with E-state index in [9.17, 15) is 80.7 Å². The van der Waals surface area contributed by atoms with Gasteiger partial charge in [0.05, 0.1) is 78.2 Å². The normalized spacial score (nSPS) is 21.2. The number of nitrogens with two attached hydrogens (primary N) is 1. The van der Waals surface area contributed by atoms with Crippen LogP contribution < -0.4 is 31.8 Å². The molecule has 614 valence electrons. The van der Waals surface area contributed by atoms with Crippen molar-refractivity contribution in [3.63, 3.8) is 0 Å². The molecule has 3 unspecified atom stereocenters. The van der Waals surface area contributed by atoms with Gasteiger partial charge in [0.25, 0.3) is 10.1 Å². The highest BCUT2D eigenvalue weighted by molar-refractivity contribution is 8.76. The van der Waals surface area contributed by atoms with Crippen molar-refractivity contribution in [3.05, 3.63) is 114 Å². The van der Waals surface area contributed by atoms with Crippen LogP contribution in [0.2, 0.25) is 0 Å². The van der Waals surface area contributed by atoms with Crippen LogP contribution in [0.4, 0.5) is 27.8 Å². The number of nitrogens with one attached hydrogen (secondary N) is 3. The summed E-state index contributed by atoms with van der Waals surface area (Å²) in [5.74, 6) is 5.23. The van der Waals surface area contributed by atoms with E-state index in [1.54, 1.807) is 12.3 Å². The quantitative estimate of drug-likeness (QED) is 0.00209. The summed E-state index contributed by atoms with van der Waals surface area (Å²) < 4.78 is 125. The van der Waals surface area contributed by atoms with Gasteiger partial charge in [-0.25, -0.2) is 48.0 Å². The summed E-state index contributed by atoms with van der Waals surface area (Å²) in [7, 11) is -23.9. The number of rotatable bonds is 37. The Morgan fingerprint density at radius 1 is 0.823 bits per heavy atom. The molecule has 2 aromatic carbocycles. The Bertz CT molecular complexity index is 5050. The number of nitrogens with zero attached hydrogens (tertiary/aromatic N) is 9. The van der Waals surface area contributed by atoms with Gasteiger partial charge in [0.15, 0.2) is 22.7 Å². The standard InChI is InChI=1S/C64H81N13O28P4S4/c1-6-74-44-21-19-39(112-103-102-83)27-41(44)63(2,3)50(74)16-9-7-10-17-51-64(4,5)42-28-40(113(94,95)96)20-22-45(42)75(51)24-12-8-11-18-52(80)72-43(61(81)66-23-13-15-38-31-76(59-55(38)57(65)67-35-69-59)53-29-46(78)48(100-53)32-98-106(84,85)86)34-111-110-26-14-25-97-62(82)73-58-56-60(70-36-68-58)77(37-71-56)54-30-47(79)49(101-54)33-99-108(90,91)105-109(92,93)104-107(87,88)89/h7,9-10,16-17,19-22,27-28,31,35-37,43,46-49,53-54,78-79H,6,8,11-12,14,18,23-26,29-30,32-34H2,1-5H3,(H12-,65,66,67,68,69,70,72,73,80,81,82,83,84,85,86,87,88,89,90,91,92,93,94,95,96)/t43?,46-,47-,48-,49-,53-,54-/m1/s1. The number of carbonyl (C=O) groups is 3. The molecule has 0 radical (unpaired) electrons. The molecule has 0 spiro atoms. The molecule has 4 aliphatic heterocycles. The first-order valence-corrected chi connectivity index (χ1v) is 45.1. The number of imidazole rings is 1. The molecule has 9 atom stereocenters. The first kappa shape index (κ1) is 88.4.